The molecule has 1 saturated carbocycles. The molecular weight excluding hydrogens is 205 g/mol. The van der Waals surface area contributed by atoms with Gasteiger partial charge in [0.25, 0.3) is 0 Å². The predicted octanol–water partition coefficient (Wildman–Crippen LogP) is 0.708. The second kappa shape index (κ2) is 9.08. The van der Waals surface area contributed by atoms with E-state index in [1.165, 1.54) is 38.5 Å². The average Bonchev–Trinajstić information content (AvgIpc) is 1.88. The Hall–Kier alpha value is 1.51. The number of nitrogens with two attached hydrogens (primary N) is 1. The van der Waals surface area contributed by atoms with Crippen molar-refractivity contribution in [2.24, 2.45) is 5.14 Å². The second-order valence-corrected chi connectivity index (χ2v) is 3.67. The number of hydrogen-bond acceptors (Lipinski definition) is 2. The largest absolute Gasteiger partial charge is 0.330 e. The summed E-state index contributed by atoms with van der Waals surface area (Å²) in [6, 6.07) is 0. The van der Waals surface area contributed by atoms with E-state index < -0.39 is 10.3 Å². The van der Waals surface area contributed by atoms with Crippen LogP contribution in [0.15, 0.2) is 0 Å². The van der Waals surface area contributed by atoms with E-state index in [-0.39, 0.29) is 51.4 Å². The smallest absolute Gasteiger partial charge is 0.274 e. The van der Waals surface area contributed by atoms with E-state index in [0.29, 0.717) is 0 Å². The summed E-state index contributed by atoms with van der Waals surface area (Å²) in [5.74, 6) is 0. The first kappa shape index (κ1) is 16.0. The van der Waals surface area contributed by atoms with Gasteiger partial charge in [-0.05, 0) is 0 Å². The maximum absolute atomic E-state index is 8.97. The molecule has 0 unspecified atom stereocenters. The monoisotopic (exact) mass is 220 g/mol. The molecule has 0 saturated heterocycles. The molecule has 3 N–H and O–H groups in total. The summed E-state index contributed by atoms with van der Waals surface area (Å²) in [6.07, 6.45) is 9.00. The van der Waals surface area contributed by atoms with Gasteiger partial charge < -0.3 is 0 Å². The van der Waals surface area contributed by atoms with Crippen molar-refractivity contribution in [3.8, 4) is 0 Å². The van der Waals surface area contributed by atoms with Gasteiger partial charge in [-0.1, -0.05) is 38.5 Å². The van der Waals surface area contributed by atoms with Gasteiger partial charge in [-0.2, -0.15) is 8.42 Å². The van der Waals surface area contributed by atoms with Gasteiger partial charge in [-0.15, -0.1) is 0 Å². The van der Waals surface area contributed by atoms with Crippen LogP contribution < -0.4 is 5.14 Å². The molecule has 1 rings (SSSR count). The van der Waals surface area contributed by atoms with E-state index in [1.807, 2.05) is 0 Å². The number of hydrogen-bond donors (Lipinski definition) is 2. The Morgan fingerprint density at radius 3 is 1.08 bits per heavy atom. The first-order valence-electron chi connectivity index (χ1n) is 3.75. The van der Waals surface area contributed by atoms with Crippen LogP contribution in [-0.4, -0.2) is 64.4 Å². The molecule has 1 aliphatic carbocycles. The fraction of sp³-hybridized carbons (Fsp3) is 1.00. The molecule has 0 aromatic rings. The average molecular weight is 220 g/mol. The molecule has 0 heterocycles. The van der Waals surface area contributed by atoms with E-state index in [1.54, 1.807) is 0 Å². The van der Waals surface area contributed by atoms with Crippen LogP contribution in [0.2, 0.25) is 0 Å². The summed E-state index contributed by atoms with van der Waals surface area (Å²) in [5.41, 5.74) is 0. The van der Waals surface area contributed by atoms with E-state index >= 15 is 0 Å². The Bertz CT molecular complexity index is 158. The van der Waals surface area contributed by atoms with Crippen molar-refractivity contribution in [3.05, 3.63) is 0 Å². The Morgan fingerprint density at radius 1 is 0.917 bits per heavy atom. The van der Waals surface area contributed by atoms with Crippen LogP contribution in [0.1, 0.15) is 38.5 Å². The number of rotatable bonds is 0. The van der Waals surface area contributed by atoms with Crippen LogP contribution in [0.5, 0.6) is 0 Å². The van der Waals surface area contributed by atoms with Crippen molar-refractivity contribution in [1.29, 1.82) is 0 Å². The third kappa shape index (κ3) is 22.5. The minimum absolute atomic E-state index is 0. The first-order chi connectivity index (χ1) is 5.00. The molecule has 69 valence electrons. The van der Waals surface area contributed by atoms with E-state index in [9.17, 15) is 0 Å². The van der Waals surface area contributed by atoms with Crippen LogP contribution in [0, 0.1) is 0 Å². The normalized spacial score (nSPS) is 16.8. The van der Waals surface area contributed by atoms with Gasteiger partial charge in [0.2, 0.25) is 0 Å². The van der Waals surface area contributed by atoms with Gasteiger partial charge in [0.05, 0.1) is 0 Å². The van der Waals surface area contributed by atoms with Crippen molar-refractivity contribution in [2.45, 2.75) is 38.5 Å². The second-order valence-electron chi connectivity index (χ2n) is 2.64. The van der Waals surface area contributed by atoms with Gasteiger partial charge in [0.1, 0.15) is 0 Å². The van der Waals surface area contributed by atoms with Gasteiger partial charge in [0, 0.05) is 51.4 Å². The van der Waals surface area contributed by atoms with Crippen molar-refractivity contribution < 1.29 is 13.0 Å². The summed E-state index contributed by atoms with van der Waals surface area (Å²) < 4.78 is 25.2. The fourth-order valence-electron chi connectivity index (χ4n) is 1.06. The van der Waals surface area contributed by atoms with Gasteiger partial charge in [-0.25, -0.2) is 5.14 Å². The zero-order valence-corrected chi connectivity index (χ0v) is 11.4. The van der Waals surface area contributed by atoms with E-state index in [4.69, 9.17) is 13.0 Å². The Labute approximate surface area is 117 Å². The third-order valence-corrected chi connectivity index (χ3v) is 1.50. The van der Waals surface area contributed by atoms with E-state index in [0.717, 1.165) is 0 Å². The zero-order chi connectivity index (χ0) is 8.74. The molecular formula is C6H15KNO3S. The quantitative estimate of drug-likeness (QED) is 0.466. The summed E-state index contributed by atoms with van der Waals surface area (Å²) in [6.45, 7) is 0. The summed E-state index contributed by atoms with van der Waals surface area (Å²) in [7, 11) is -4.17. The van der Waals surface area contributed by atoms with Gasteiger partial charge in [-0.3, -0.25) is 4.55 Å². The SMILES string of the molecule is C1CCCCC1.NS(=O)(=O)O.[K]. The molecule has 0 aromatic heterocycles. The van der Waals surface area contributed by atoms with E-state index in [2.05, 4.69) is 5.14 Å². The Balaban J connectivity index is 0. The van der Waals surface area contributed by atoms with Crippen LogP contribution in [0.3, 0.4) is 0 Å². The van der Waals surface area contributed by atoms with Crippen LogP contribution >= 0.6 is 0 Å². The van der Waals surface area contributed by atoms with Crippen molar-refractivity contribution in [3.63, 3.8) is 0 Å². The Morgan fingerprint density at radius 2 is 1.00 bits per heavy atom. The molecule has 0 aromatic carbocycles. The van der Waals surface area contributed by atoms with Crippen LogP contribution in [0.4, 0.5) is 0 Å². The minimum atomic E-state index is -4.17. The maximum Gasteiger partial charge on any atom is 0.330 e. The first-order valence-corrected chi connectivity index (χ1v) is 5.25. The fourth-order valence-corrected chi connectivity index (χ4v) is 1.06. The van der Waals surface area contributed by atoms with Crippen molar-refractivity contribution in [2.75, 3.05) is 0 Å². The molecule has 0 bridgehead atoms. The molecule has 12 heavy (non-hydrogen) atoms. The van der Waals surface area contributed by atoms with Gasteiger partial charge in [0.15, 0.2) is 0 Å². The molecule has 0 spiro atoms. The Kier molecular flexibility index (Phi) is 12.1. The maximum atomic E-state index is 8.97. The molecule has 4 nitrogen and oxygen atoms in total. The topological polar surface area (TPSA) is 80.4 Å². The third-order valence-electron chi connectivity index (χ3n) is 1.50. The molecule has 0 aliphatic heterocycles. The van der Waals surface area contributed by atoms with Crippen molar-refractivity contribution >= 4 is 61.7 Å². The summed E-state index contributed by atoms with van der Waals surface area (Å²) in [4.78, 5) is 0. The van der Waals surface area contributed by atoms with Crippen LogP contribution in [0.25, 0.3) is 0 Å². The summed E-state index contributed by atoms with van der Waals surface area (Å²) in [5, 5.41) is 3.88. The standard InChI is InChI=1S/C6H12.K.H3NO3S/c1-2-4-6-5-3-1;;1-5(2,3)4/h1-6H2;;(H3,1,2,3,4). The van der Waals surface area contributed by atoms with Crippen molar-refractivity contribution in [1.82, 2.24) is 0 Å². The zero-order valence-electron chi connectivity index (χ0n) is 7.49. The molecule has 1 aliphatic rings. The summed E-state index contributed by atoms with van der Waals surface area (Å²) >= 11 is 0. The molecule has 1 fully saturated rings. The molecule has 1 radical (unpaired) electrons. The predicted molar refractivity (Wildman–Crippen MR) is 49.2 cm³/mol. The van der Waals surface area contributed by atoms with Crippen LogP contribution in [-0.2, 0) is 10.3 Å². The molecule has 6 heteroatoms. The van der Waals surface area contributed by atoms with Gasteiger partial charge >= 0.3 is 10.3 Å². The minimum Gasteiger partial charge on any atom is -0.274 e. The molecule has 0 atom stereocenters. The molecule has 0 amide bonds.